The van der Waals surface area contributed by atoms with Gasteiger partial charge in [-0.1, -0.05) is 0 Å². The average molecular weight is 402 g/mol. The minimum absolute atomic E-state index is 0.0336. The first-order chi connectivity index (χ1) is 12.3. The van der Waals surface area contributed by atoms with Crippen molar-refractivity contribution in [3.63, 3.8) is 0 Å². The molecule has 10 heteroatoms. The zero-order valence-corrected chi connectivity index (χ0v) is 16.5. The topological polar surface area (TPSA) is 93.2 Å². The number of hydrogen-bond acceptors (Lipinski definition) is 6. The van der Waals surface area contributed by atoms with Crippen LogP contribution < -0.4 is 4.18 Å². The molecule has 150 valence electrons. The van der Waals surface area contributed by atoms with E-state index in [0.717, 1.165) is 12.3 Å². The first-order valence-corrected chi connectivity index (χ1v) is 10.1. The van der Waals surface area contributed by atoms with Crippen molar-refractivity contribution in [2.24, 2.45) is 0 Å². The molecule has 0 unspecified atom stereocenters. The van der Waals surface area contributed by atoms with Crippen LogP contribution in [0.1, 0.15) is 26.3 Å². The van der Waals surface area contributed by atoms with Gasteiger partial charge < -0.3 is 13.8 Å². The van der Waals surface area contributed by atoms with Crippen molar-refractivity contribution in [1.29, 1.82) is 0 Å². The molecule has 1 aromatic carbocycles. The van der Waals surface area contributed by atoms with Crippen molar-refractivity contribution < 1.29 is 31.3 Å². The molecular weight excluding hydrogens is 379 g/mol. The van der Waals surface area contributed by atoms with Crippen molar-refractivity contribution in [2.75, 3.05) is 25.9 Å². The summed E-state index contributed by atoms with van der Waals surface area (Å²) in [4.78, 5) is 27.1. The van der Waals surface area contributed by atoms with E-state index in [0.29, 0.717) is 0 Å². The lowest BCUT2D eigenvalue weighted by Gasteiger charge is -2.35. The third-order valence-electron chi connectivity index (χ3n) is 3.60. The predicted octanol–water partition coefficient (Wildman–Crippen LogP) is 1.74. The molecule has 0 aromatic heterocycles. The Hall–Kier alpha value is -2.36. The number of carbonyl (C=O) groups is 2. The van der Waals surface area contributed by atoms with E-state index in [1.807, 2.05) is 0 Å². The van der Waals surface area contributed by atoms with E-state index < -0.39 is 27.6 Å². The van der Waals surface area contributed by atoms with Crippen LogP contribution in [0.4, 0.5) is 9.18 Å². The third kappa shape index (κ3) is 6.38. The van der Waals surface area contributed by atoms with Gasteiger partial charge in [-0.2, -0.15) is 8.42 Å². The van der Waals surface area contributed by atoms with Gasteiger partial charge in [-0.25, -0.2) is 9.18 Å². The summed E-state index contributed by atoms with van der Waals surface area (Å²) in [5.41, 5.74) is -0.546. The second kappa shape index (κ2) is 7.71. The van der Waals surface area contributed by atoms with E-state index in [1.165, 1.54) is 21.9 Å². The van der Waals surface area contributed by atoms with E-state index in [4.69, 9.17) is 8.92 Å². The van der Waals surface area contributed by atoms with Crippen LogP contribution in [-0.2, 0) is 26.2 Å². The maximum Gasteiger partial charge on any atom is 0.410 e. The van der Waals surface area contributed by atoms with E-state index in [-0.39, 0.29) is 43.4 Å². The van der Waals surface area contributed by atoms with Gasteiger partial charge in [-0.05, 0) is 39.0 Å². The molecule has 1 saturated heterocycles. The fourth-order valence-corrected chi connectivity index (χ4v) is 2.92. The van der Waals surface area contributed by atoms with Gasteiger partial charge in [0.15, 0.2) is 0 Å². The van der Waals surface area contributed by atoms with Gasteiger partial charge >= 0.3 is 16.2 Å². The number of rotatable bonds is 4. The molecule has 0 atom stereocenters. The number of amides is 2. The average Bonchev–Trinajstić information content (AvgIpc) is 2.49. The van der Waals surface area contributed by atoms with E-state index >= 15 is 0 Å². The largest absolute Gasteiger partial charge is 0.444 e. The molecule has 1 aromatic rings. The van der Waals surface area contributed by atoms with E-state index in [9.17, 15) is 22.4 Å². The Bertz CT molecular complexity index is 834. The number of benzene rings is 1. The molecule has 27 heavy (non-hydrogen) atoms. The summed E-state index contributed by atoms with van der Waals surface area (Å²) in [5, 5.41) is 0. The van der Waals surface area contributed by atoms with Gasteiger partial charge in [-0.3, -0.25) is 9.69 Å². The van der Waals surface area contributed by atoms with Crippen molar-refractivity contribution in [2.45, 2.75) is 32.9 Å². The maximum absolute atomic E-state index is 14.0. The fourth-order valence-electron chi connectivity index (χ4n) is 2.46. The summed E-state index contributed by atoms with van der Waals surface area (Å²) < 4.78 is 46.4. The molecule has 2 rings (SSSR count). The van der Waals surface area contributed by atoms with Crippen molar-refractivity contribution in [3.8, 4) is 5.75 Å². The number of piperazine rings is 1. The SMILES string of the molecule is CC(C)(C)OC(=O)N1CCN(Cc2cc(OS(C)(=O)=O)ccc2F)C(=O)C1. The first kappa shape index (κ1) is 20.9. The van der Waals surface area contributed by atoms with Gasteiger partial charge in [0.05, 0.1) is 6.26 Å². The Morgan fingerprint density at radius 3 is 2.48 bits per heavy atom. The lowest BCUT2D eigenvalue weighted by atomic mass is 10.1. The van der Waals surface area contributed by atoms with Crippen LogP contribution in [0.3, 0.4) is 0 Å². The van der Waals surface area contributed by atoms with Crippen LogP contribution in [0.25, 0.3) is 0 Å². The van der Waals surface area contributed by atoms with Crippen molar-refractivity contribution >= 4 is 22.1 Å². The second-order valence-electron chi connectivity index (χ2n) is 7.26. The second-order valence-corrected chi connectivity index (χ2v) is 8.83. The normalized spacial score (nSPS) is 15.7. The summed E-state index contributed by atoms with van der Waals surface area (Å²) >= 11 is 0. The quantitative estimate of drug-likeness (QED) is 0.713. The molecule has 0 saturated carbocycles. The molecule has 0 N–H and O–H groups in total. The van der Waals surface area contributed by atoms with Crippen LogP contribution in [-0.4, -0.2) is 61.7 Å². The van der Waals surface area contributed by atoms with Gasteiger partial charge in [0.25, 0.3) is 0 Å². The maximum atomic E-state index is 14.0. The fraction of sp³-hybridized carbons (Fsp3) is 0.529. The number of ether oxygens (including phenoxy) is 1. The molecule has 1 aliphatic heterocycles. The Balaban J connectivity index is 2.04. The smallest absolute Gasteiger partial charge is 0.410 e. The molecule has 1 heterocycles. The molecule has 2 amide bonds. The Morgan fingerprint density at radius 1 is 1.26 bits per heavy atom. The highest BCUT2D eigenvalue weighted by Crippen LogP contribution is 2.21. The van der Waals surface area contributed by atoms with Crippen molar-refractivity contribution in [3.05, 3.63) is 29.6 Å². The highest BCUT2D eigenvalue weighted by Gasteiger charge is 2.30. The highest BCUT2D eigenvalue weighted by molar-refractivity contribution is 7.86. The Labute approximate surface area is 158 Å². The molecule has 0 spiro atoms. The number of nitrogens with zero attached hydrogens (tertiary/aromatic N) is 2. The van der Waals surface area contributed by atoms with Crippen LogP contribution >= 0.6 is 0 Å². The molecule has 0 aliphatic carbocycles. The Morgan fingerprint density at radius 2 is 1.93 bits per heavy atom. The summed E-state index contributed by atoms with van der Waals surface area (Å²) in [7, 11) is -3.74. The van der Waals surface area contributed by atoms with Crippen LogP contribution in [0, 0.1) is 5.82 Å². The van der Waals surface area contributed by atoms with Crippen LogP contribution in [0.5, 0.6) is 5.75 Å². The summed E-state index contributed by atoms with van der Waals surface area (Å²) in [6.07, 6.45) is 0.306. The van der Waals surface area contributed by atoms with Gasteiger partial charge in [0, 0.05) is 25.2 Å². The standard InChI is InChI=1S/C17H23FN2O6S/c1-17(2,3)25-16(22)20-8-7-19(15(21)11-20)10-12-9-13(5-6-14(12)18)26-27(4,23)24/h5-6,9H,7-8,10-11H2,1-4H3. The molecule has 0 bridgehead atoms. The number of hydrogen-bond donors (Lipinski definition) is 0. The number of carbonyl (C=O) groups excluding carboxylic acids is 2. The molecule has 1 aliphatic rings. The lowest BCUT2D eigenvalue weighted by Crippen LogP contribution is -2.52. The van der Waals surface area contributed by atoms with Crippen LogP contribution in [0.2, 0.25) is 0 Å². The monoisotopic (exact) mass is 402 g/mol. The van der Waals surface area contributed by atoms with Gasteiger partial charge in [0.2, 0.25) is 5.91 Å². The minimum atomic E-state index is -3.74. The summed E-state index contributed by atoms with van der Waals surface area (Å²) in [5.74, 6) is -0.979. The third-order valence-corrected chi connectivity index (χ3v) is 4.09. The lowest BCUT2D eigenvalue weighted by molar-refractivity contribution is -0.136. The molecule has 8 nitrogen and oxygen atoms in total. The summed E-state index contributed by atoms with van der Waals surface area (Å²) in [6.45, 7) is 5.42. The van der Waals surface area contributed by atoms with E-state index in [1.54, 1.807) is 20.8 Å². The highest BCUT2D eigenvalue weighted by atomic mass is 32.2. The van der Waals surface area contributed by atoms with E-state index in [2.05, 4.69) is 0 Å². The van der Waals surface area contributed by atoms with Gasteiger partial charge in [-0.15, -0.1) is 0 Å². The van der Waals surface area contributed by atoms with Gasteiger partial charge in [0.1, 0.15) is 23.7 Å². The van der Waals surface area contributed by atoms with Crippen LogP contribution in [0.15, 0.2) is 18.2 Å². The zero-order valence-electron chi connectivity index (χ0n) is 15.7. The first-order valence-electron chi connectivity index (χ1n) is 8.28. The van der Waals surface area contributed by atoms with Crippen molar-refractivity contribution in [1.82, 2.24) is 9.80 Å². The molecule has 0 radical (unpaired) electrons. The Kier molecular flexibility index (Phi) is 5.98. The summed E-state index contributed by atoms with van der Waals surface area (Å²) in [6, 6.07) is 3.52. The predicted molar refractivity (Wildman–Crippen MR) is 95.1 cm³/mol. The zero-order chi connectivity index (χ0) is 20.4. The minimum Gasteiger partial charge on any atom is -0.444 e. The molecule has 1 fully saturated rings. The molecular formula is C17H23FN2O6S. The number of halogens is 1.